The Hall–Kier alpha value is -0.160. The summed E-state index contributed by atoms with van der Waals surface area (Å²) in [7, 11) is 1.69. The first-order chi connectivity index (χ1) is 8.23. The Balaban J connectivity index is 1.84. The topological polar surface area (TPSA) is 51.2 Å². The van der Waals surface area contributed by atoms with E-state index in [0.29, 0.717) is 5.92 Å². The number of hydrogen-bond donors (Lipinski definition) is 1. The zero-order valence-corrected chi connectivity index (χ0v) is 10.2. The van der Waals surface area contributed by atoms with Gasteiger partial charge in [0.1, 0.15) is 5.60 Å². The van der Waals surface area contributed by atoms with Crippen molar-refractivity contribution in [3.8, 4) is 0 Å². The predicted octanol–water partition coefficient (Wildman–Crippen LogP) is 1.07. The van der Waals surface area contributed by atoms with Crippen LogP contribution in [0.1, 0.15) is 32.1 Å². The highest BCUT2D eigenvalue weighted by molar-refractivity contribution is 5.22. The molecule has 0 aromatic rings. The average molecular weight is 240 g/mol. The number of aliphatic hydroxyl groups is 1. The lowest BCUT2D eigenvalue weighted by atomic mass is 9.50. The molecule has 2 aliphatic carbocycles. The maximum Gasteiger partial charge on any atom is 0.168 e. The van der Waals surface area contributed by atoms with Gasteiger partial charge in [-0.05, 0) is 25.2 Å². The van der Waals surface area contributed by atoms with E-state index in [1.165, 1.54) is 6.42 Å². The number of fused-ring (bicyclic) bond motifs is 1. The van der Waals surface area contributed by atoms with E-state index in [1.807, 2.05) is 0 Å². The van der Waals surface area contributed by atoms with Gasteiger partial charge in [0.2, 0.25) is 0 Å². The minimum absolute atomic E-state index is 0.140. The van der Waals surface area contributed by atoms with Crippen LogP contribution in [-0.4, -0.2) is 42.9 Å². The van der Waals surface area contributed by atoms with E-state index >= 15 is 0 Å². The Bertz CT molecular complexity index is 330. The number of ether oxygens (including phenoxy) is 3. The molecule has 5 rings (SSSR count). The molecule has 0 aromatic carbocycles. The minimum Gasteiger partial charge on any atom is -0.392 e. The van der Waals surface area contributed by atoms with Crippen LogP contribution in [0.3, 0.4) is 0 Å². The molecular weight excluding hydrogens is 220 g/mol. The highest BCUT2D eigenvalue weighted by Gasteiger charge is 2.77. The molecule has 96 valence electrons. The van der Waals surface area contributed by atoms with Gasteiger partial charge in [-0.25, -0.2) is 0 Å². The van der Waals surface area contributed by atoms with Crippen LogP contribution in [0.2, 0.25) is 0 Å². The maximum atomic E-state index is 10.6. The second-order valence-electron chi connectivity index (χ2n) is 6.13. The molecule has 6 atom stereocenters. The van der Waals surface area contributed by atoms with Gasteiger partial charge in [0.05, 0.1) is 24.2 Å². The lowest BCUT2D eigenvalue weighted by Crippen LogP contribution is -2.70. The van der Waals surface area contributed by atoms with Gasteiger partial charge in [-0.2, -0.15) is 0 Å². The van der Waals surface area contributed by atoms with E-state index in [0.717, 1.165) is 32.3 Å². The number of methoxy groups -OCH3 is 1. The van der Waals surface area contributed by atoms with Crippen LogP contribution in [-0.2, 0) is 14.2 Å². The second kappa shape index (κ2) is 3.23. The number of aliphatic hydroxyl groups excluding tert-OH is 1. The molecule has 4 heteroatoms. The fourth-order valence-electron chi connectivity index (χ4n) is 4.90. The van der Waals surface area contributed by atoms with Gasteiger partial charge in [0, 0.05) is 13.5 Å². The predicted molar refractivity (Wildman–Crippen MR) is 59.4 cm³/mol. The zero-order chi connectivity index (χ0) is 11.7. The van der Waals surface area contributed by atoms with Gasteiger partial charge in [-0.3, -0.25) is 0 Å². The molecule has 2 bridgehead atoms. The zero-order valence-electron chi connectivity index (χ0n) is 10.2. The Morgan fingerprint density at radius 1 is 1.35 bits per heavy atom. The monoisotopic (exact) mass is 240 g/mol. The fourth-order valence-corrected chi connectivity index (χ4v) is 4.90. The van der Waals surface area contributed by atoms with Gasteiger partial charge in [-0.15, -0.1) is 0 Å². The van der Waals surface area contributed by atoms with Crippen molar-refractivity contribution in [3.05, 3.63) is 0 Å². The number of epoxide rings is 1. The summed E-state index contributed by atoms with van der Waals surface area (Å²) in [6.45, 7) is 0.778. The first kappa shape index (κ1) is 10.7. The van der Waals surface area contributed by atoms with Crippen molar-refractivity contribution >= 4 is 0 Å². The van der Waals surface area contributed by atoms with Crippen molar-refractivity contribution in [2.75, 3.05) is 13.7 Å². The summed E-state index contributed by atoms with van der Waals surface area (Å²) < 4.78 is 17.4. The lowest BCUT2D eigenvalue weighted by Gasteiger charge is -2.62. The highest BCUT2D eigenvalue weighted by Crippen LogP contribution is 2.67. The van der Waals surface area contributed by atoms with E-state index in [2.05, 4.69) is 0 Å². The van der Waals surface area contributed by atoms with E-state index in [1.54, 1.807) is 7.11 Å². The van der Waals surface area contributed by atoms with E-state index < -0.39 is 0 Å². The molecule has 4 nitrogen and oxygen atoms in total. The van der Waals surface area contributed by atoms with Gasteiger partial charge in [0.15, 0.2) is 6.29 Å². The Morgan fingerprint density at radius 2 is 2.18 bits per heavy atom. The summed E-state index contributed by atoms with van der Waals surface area (Å²) in [4.78, 5) is 0. The number of hydrogen-bond acceptors (Lipinski definition) is 4. The molecule has 0 aromatic heterocycles. The Morgan fingerprint density at radius 3 is 2.88 bits per heavy atom. The van der Waals surface area contributed by atoms with Gasteiger partial charge >= 0.3 is 0 Å². The summed E-state index contributed by atoms with van der Waals surface area (Å²) >= 11 is 0. The third kappa shape index (κ3) is 1.09. The van der Waals surface area contributed by atoms with Crippen molar-refractivity contribution in [2.45, 2.75) is 56.2 Å². The summed E-state index contributed by atoms with van der Waals surface area (Å²) in [5.41, 5.74) is -0.436. The van der Waals surface area contributed by atoms with Crippen LogP contribution in [0.4, 0.5) is 0 Å². The van der Waals surface area contributed by atoms with Crippen LogP contribution in [0, 0.1) is 11.3 Å². The molecule has 0 radical (unpaired) electrons. The normalized spacial score (nSPS) is 60.4. The van der Waals surface area contributed by atoms with E-state index in [4.69, 9.17) is 14.2 Å². The number of rotatable bonds is 1. The molecule has 2 saturated carbocycles. The van der Waals surface area contributed by atoms with E-state index in [-0.39, 0.29) is 29.5 Å². The molecule has 3 saturated heterocycles. The second-order valence-corrected chi connectivity index (χ2v) is 6.13. The molecule has 2 spiro atoms. The molecule has 5 fully saturated rings. The van der Waals surface area contributed by atoms with Crippen molar-refractivity contribution < 1.29 is 19.3 Å². The molecule has 1 unspecified atom stereocenters. The lowest BCUT2D eigenvalue weighted by molar-refractivity contribution is -0.351. The molecular formula is C13H20O4. The van der Waals surface area contributed by atoms with Crippen LogP contribution in [0.15, 0.2) is 0 Å². The Kier molecular flexibility index (Phi) is 2.04. The van der Waals surface area contributed by atoms with Crippen LogP contribution >= 0.6 is 0 Å². The van der Waals surface area contributed by atoms with Crippen LogP contribution in [0.5, 0.6) is 0 Å². The SMILES string of the molecule is COC1O[C@@H]2C[C@@H]3CCC[C@H](O)[C@]13[C@@]1(CO1)C2. The summed E-state index contributed by atoms with van der Waals surface area (Å²) in [5, 5.41) is 10.6. The smallest absolute Gasteiger partial charge is 0.168 e. The largest absolute Gasteiger partial charge is 0.392 e. The van der Waals surface area contributed by atoms with Crippen molar-refractivity contribution in [1.29, 1.82) is 0 Å². The maximum absolute atomic E-state index is 10.6. The molecule has 17 heavy (non-hydrogen) atoms. The summed E-state index contributed by atoms with van der Waals surface area (Å²) in [5.74, 6) is 0.506. The van der Waals surface area contributed by atoms with Gasteiger partial charge < -0.3 is 19.3 Å². The summed E-state index contributed by atoms with van der Waals surface area (Å²) in [6, 6.07) is 0. The standard InChI is InChI=1S/C13H20O4/c1-15-11-13-8(3-2-4-10(13)14)5-9(17-11)6-12(13)7-16-12/h8-11,14H,2-7H2,1H3/t8-,9+,10-,11?,12-,13-/m0/s1. The van der Waals surface area contributed by atoms with Gasteiger partial charge in [0.25, 0.3) is 0 Å². The first-order valence-corrected chi connectivity index (χ1v) is 6.73. The third-order valence-corrected chi connectivity index (χ3v) is 5.56. The van der Waals surface area contributed by atoms with E-state index in [9.17, 15) is 5.11 Å². The van der Waals surface area contributed by atoms with Crippen molar-refractivity contribution in [2.24, 2.45) is 11.3 Å². The summed E-state index contributed by atoms with van der Waals surface area (Å²) in [6.07, 6.45) is 4.82. The molecule has 3 aliphatic heterocycles. The Labute approximate surface area is 101 Å². The third-order valence-electron chi connectivity index (χ3n) is 5.56. The highest BCUT2D eigenvalue weighted by atomic mass is 16.7. The molecule has 0 amide bonds. The molecule has 1 N–H and O–H groups in total. The minimum atomic E-state index is -0.338. The van der Waals surface area contributed by atoms with Crippen molar-refractivity contribution in [3.63, 3.8) is 0 Å². The van der Waals surface area contributed by atoms with Gasteiger partial charge in [-0.1, -0.05) is 6.42 Å². The van der Waals surface area contributed by atoms with Crippen molar-refractivity contribution in [1.82, 2.24) is 0 Å². The van der Waals surface area contributed by atoms with Crippen LogP contribution in [0.25, 0.3) is 0 Å². The quantitative estimate of drug-likeness (QED) is 0.696. The molecule has 3 heterocycles. The van der Waals surface area contributed by atoms with Crippen LogP contribution < -0.4 is 0 Å². The average Bonchev–Trinajstić information content (AvgIpc) is 3.08. The first-order valence-electron chi connectivity index (χ1n) is 6.73. The fraction of sp³-hybridized carbons (Fsp3) is 1.00. The molecule has 5 aliphatic rings.